The summed E-state index contributed by atoms with van der Waals surface area (Å²) < 4.78 is 6.86. The zero-order valence-corrected chi connectivity index (χ0v) is 12.0. The lowest BCUT2D eigenvalue weighted by atomic mass is 9.94. The monoisotopic (exact) mass is 252 g/mol. The lowest BCUT2D eigenvalue weighted by Gasteiger charge is -2.22. The lowest BCUT2D eigenvalue weighted by Crippen LogP contribution is -2.30. The molecule has 0 aliphatic rings. The van der Waals surface area contributed by atoms with Crippen molar-refractivity contribution in [1.82, 2.24) is 9.88 Å². The van der Waals surface area contributed by atoms with E-state index in [1.807, 2.05) is 24.6 Å². The molecular formula is C14H24N2O2. The molecule has 1 N–H and O–H groups in total. The van der Waals surface area contributed by atoms with Crippen LogP contribution in [0.1, 0.15) is 39.3 Å². The molecule has 0 radical (unpaired) electrons. The van der Waals surface area contributed by atoms with E-state index < -0.39 is 5.41 Å². The molecule has 0 fully saturated rings. The van der Waals surface area contributed by atoms with Crippen molar-refractivity contribution in [1.29, 1.82) is 0 Å². The Kier molecular flexibility index (Phi) is 4.96. The summed E-state index contributed by atoms with van der Waals surface area (Å²) in [6.07, 6.45) is 4.09. The molecule has 102 valence electrons. The first-order chi connectivity index (χ1) is 8.40. The Balaban J connectivity index is 2.72. The van der Waals surface area contributed by atoms with Crippen LogP contribution in [0.5, 0.6) is 0 Å². The zero-order chi connectivity index (χ0) is 13.8. The number of esters is 1. The molecule has 0 aromatic carbocycles. The summed E-state index contributed by atoms with van der Waals surface area (Å²) >= 11 is 0. The first-order valence-corrected chi connectivity index (χ1v) is 6.38. The first kappa shape index (κ1) is 14.8. The predicted molar refractivity (Wildman–Crippen MR) is 72.3 cm³/mol. The topological polar surface area (TPSA) is 43.3 Å². The van der Waals surface area contributed by atoms with Gasteiger partial charge in [0.2, 0.25) is 0 Å². The number of hydrogen-bond donors (Lipinski definition) is 1. The van der Waals surface area contributed by atoms with Crippen LogP contribution >= 0.6 is 0 Å². The number of rotatable bonds is 6. The van der Waals surface area contributed by atoms with Gasteiger partial charge < -0.3 is 14.6 Å². The lowest BCUT2D eigenvalue weighted by molar-refractivity contribution is -0.151. The molecule has 1 heterocycles. The summed E-state index contributed by atoms with van der Waals surface area (Å²) in [6, 6.07) is 2.42. The van der Waals surface area contributed by atoms with Crippen molar-refractivity contribution in [3.05, 3.63) is 24.0 Å². The molecule has 1 aromatic heterocycles. The van der Waals surface area contributed by atoms with E-state index in [9.17, 15) is 4.79 Å². The summed E-state index contributed by atoms with van der Waals surface area (Å²) in [4.78, 5) is 11.6. The number of carbonyl (C=O) groups excluding carboxylic acids is 1. The van der Waals surface area contributed by atoms with Crippen molar-refractivity contribution >= 4 is 5.97 Å². The van der Waals surface area contributed by atoms with E-state index in [0.29, 0.717) is 12.6 Å². The maximum atomic E-state index is 11.6. The van der Waals surface area contributed by atoms with Crippen LogP contribution in [0.15, 0.2) is 18.5 Å². The van der Waals surface area contributed by atoms with E-state index in [2.05, 4.69) is 31.4 Å². The number of ether oxygens (including phenoxy) is 1. The van der Waals surface area contributed by atoms with Gasteiger partial charge in [0.1, 0.15) is 0 Å². The third kappa shape index (κ3) is 3.60. The van der Waals surface area contributed by atoms with Crippen molar-refractivity contribution in [2.24, 2.45) is 5.41 Å². The van der Waals surface area contributed by atoms with Crippen LogP contribution in [0.2, 0.25) is 0 Å². The molecule has 18 heavy (non-hydrogen) atoms. The Morgan fingerprint density at radius 1 is 1.56 bits per heavy atom. The van der Waals surface area contributed by atoms with Crippen LogP contribution in [0.3, 0.4) is 0 Å². The smallest absolute Gasteiger partial charge is 0.313 e. The van der Waals surface area contributed by atoms with Crippen molar-refractivity contribution in [2.45, 2.75) is 40.3 Å². The highest BCUT2D eigenvalue weighted by Crippen LogP contribution is 2.21. The second-order valence-electron chi connectivity index (χ2n) is 5.27. The number of methoxy groups -OCH3 is 1. The summed E-state index contributed by atoms with van der Waals surface area (Å²) in [5.74, 6) is -0.183. The molecule has 1 atom stereocenters. The maximum Gasteiger partial charge on any atom is 0.313 e. The average Bonchev–Trinajstić information content (AvgIpc) is 2.76. The fourth-order valence-corrected chi connectivity index (χ4v) is 2.04. The van der Waals surface area contributed by atoms with Gasteiger partial charge in [0.15, 0.2) is 0 Å². The summed E-state index contributed by atoms with van der Waals surface area (Å²) in [6.45, 7) is 9.58. The molecule has 0 saturated carbocycles. The molecule has 0 amide bonds. The Morgan fingerprint density at radius 3 is 2.78 bits per heavy atom. The fourth-order valence-electron chi connectivity index (χ4n) is 2.04. The van der Waals surface area contributed by atoms with E-state index in [1.165, 1.54) is 12.7 Å². The van der Waals surface area contributed by atoms with E-state index in [-0.39, 0.29) is 5.97 Å². The minimum atomic E-state index is -0.507. The van der Waals surface area contributed by atoms with Gasteiger partial charge >= 0.3 is 5.97 Å². The van der Waals surface area contributed by atoms with Gasteiger partial charge in [0.25, 0.3) is 0 Å². The highest BCUT2D eigenvalue weighted by Gasteiger charge is 2.29. The van der Waals surface area contributed by atoms with E-state index in [1.54, 1.807) is 0 Å². The Bertz CT molecular complexity index is 396. The predicted octanol–water partition coefficient (Wildman–Crippen LogP) is 2.36. The molecule has 4 heteroatoms. The minimum Gasteiger partial charge on any atom is -0.469 e. The minimum absolute atomic E-state index is 0.183. The normalized spacial score (nSPS) is 13.4. The van der Waals surface area contributed by atoms with Crippen molar-refractivity contribution < 1.29 is 9.53 Å². The van der Waals surface area contributed by atoms with Crippen LogP contribution in [0.25, 0.3) is 0 Å². The first-order valence-electron chi connectivity index (χ1n) is 6.38. The molecule has 0 bridgehead atoms. The Morgan fingerprint density at radius 2 is 2.22 bits per heavy atom. The fraction of sp³-hybridized carbons (Fsp3) is 0.643. The summed E-state index contributed by atoms with van der Waals surface area (Å²) in [5.41, 5.74) is 0.726. The van der Waals surface area contributed by atoms with Gasteiger partial charge in [-0.15, -0.1) is 0 Å². The SMILES string of the molecule is CCNC(C)c1ccn(CC(C)(C)C(=O)OC)c1. The van der Waals surface area contributed by atoms with Crippen LogP contribution < -0.4 is 5.32 Å². The van der Waals surface area contributed by atoms with Gasteiger partial charge in [-0.25, -0.2) is 0 Å². The third-order valence-electron chi connectivity index (χ3n) is 3.10. The number of nitrogens with zero attached hydrogens (tertiary/aromatic N) is 1. The van der Waals surface area contributed by atoms with Gasteiger partial charge in [-0.1, -0.05) is 6.92 Å². The van der Waals surface area contributed by atoms with Crippen LogP contribution in [0.4, 0.5) is 0 Å². The van der Waals surface area contributed by atoms with Crippen LogP contribution in [-0.2, 0) is 16.1 Å². The van der Waals surface area contributed by atoms with Crippen LogP contribution in [-0.4, -0.2) is 24.2 Å². The second kappa shape index (κ2) is 6.05. The summed E-state index contributed by atoms with van der Waals surface area (Å²) in [5, 5.41) is 3.37. The summed E-state index contributed by atoms with van der Waals surface area (Å²) in [7, 11) is 1.43. The molecule has 0 aliphatic heterocycles. The molecule has 1 rings (SSSR count). The quantitative estimate of drug-likeness (QED) is 0.790. The van der Waals surface area contributed by atoms with Gasteiger partial charge in [-0.05, 0) is 38.9 Å². The van der Waals surface area contributed by atoms with E-state index in [0.717, 1.165) is 6.54 Å². The average molecular weight is 252 g/mol. The molecule has 1 unspecified atom stereocenters. The number of hydrogen-bond acceptors (Lipinski definition) is 3. The van der Waals surface area contributed by atoms with Gasteiger partial charge in [-0.3, -0.25) is 4.79 Å². The largest absolute Gasteiger partial charge is 0.469 e. The van der Waals surface area contributed by atoms with E-state index in [4.69, 9.17) is 4.74 Å². The molecular weight excluding hydrogens is 228 g/mol. The highest BCUT2D eigenvalue weighted by molar-refractivity contribution is 5.75. The second-order valence-corrected chi connectivity index (χ2v) is 5.27. The number of carbonyl (C=O) groups is 1. The van der Waals surface area contributed by atoms with Crippen LogP contribution in [0, 0.1) is 5.41 Å². The number of aromatic nitrogens is 1. The number of nitrogens with one attached hydrogen (secondary N) is 1. The van der Waals surface area contributed by atoms with E-state index >= 15 is 0 Å². The highest BCUT2D eigenvalue weighted by atomic mass is 16.5. The standard InChI is InChI=1S/C14H24N2O2/c1-6-15-11(2)12-7-8-16(9-12)10-14(3,4)13(17)18-5/h7-9,11,15H,6,10H2,1-5H3. The van der Waals surface area contributed by atoms with Gasteiger partial charge in [0, 0.05) is 25.0 Å². The van der Waals surface area contributed by atoms with Crippen molar-refractivity contribution in [3.8, 4) is 0 Å². The molecule has 0 aliphatic carbocycles. The molecule has 0 spiro atoms. The zero-order valence-electron chi connectivity index (χ0n) is 12.0. The maximum absolute atomic E-state index is 11.6. The van der Waals surface area contributed by atoms with Crippen molar-refractivity contribution in [2.75, 3.05) is 13.7 Å². The molecule has 1 aromatic rings. The Hall–Kier alpha value is -1.29. The van der Waals surface area contributed by atoms with Gasteiger partial charge in [0.05, 0.1) is 12.5 Å². The van der Waals surface area contributed by atoms with Gasteiger partial charge in [-0.2, -0.15) is 0 Å². The third-order valence-corrected chi connectivity index (χ3v) is 3.10. The van der Waals surface area contributed by atoms with Crippen molar-refractivity contribution in [3.63, 3.8) is 0 Å². The molecule has 4 nitrogen and oxygen atoms in total. The Labute approximate surface area is 109 Å². The molecule has 0 saturated heterocycles.